The van der Waals surface area contributed by atoms with E-state index < -0.39 is 0 Å². The topological polar surface area (TPSA) is 29.1 Å². The number of carbonyl (C=O) groups excluding carboxylic acids is 1. The second kappa shape index (κ2) is 14.0. The number of rotatable bonds is 6. The van der Waals surface area contributed by atoms with Crippen LogP contribution in [0.15, 0.2) is 0 Å². The third-order valence-electron chi connectivity index (χ3n) is 1.79. The molecule has 0 radical (unpaired) electrons. The van der Waals surface area contributed by atoms with E-state index in [0.29, 0.717) is 6.42 Å². The first-order chi connectivity index (χ1) is 6.31. The number of carbonyl (C=O) groups is 1. The van der Waals surface area contributed by atoms with Crippen molar-refractivity contribution in [2.75, 3.05) is 7.05 Å². The molecule has 1 amide bonds. The van der Waals surface area contributed by atoms with Gasteiger partial charge in [0.2, 0.25) is 5.91 Å². The minimum absolute atomic E-state index is 0.168. The summed E-state index contributed by atoms with van der Waals surface area (Å²) in [4.78, 5) is 10.7. The van der Waals surface area contributed by atoms with Gasteiger partial charge in [-0.3, -0.25) is 4.79 Å². The molecule has 0 rings (SSSR count). The minimum atomic E-state index is 0.168. The van der Waals surface area contributed by atoms with Crippen LogP contribution >= 0.6 is 0 Å². The monoisotopic (exact) mass is 187 g/mol. The molecule has 0 aliphatic rings. The fourth-order valence-electron chi connectivity index (χ4n) is 1.01. The molecule has 2 heteroatoms. The maximum atomic E-state index is 10.7. The quantitative estimate of drug-likeness (QED) is 0.636. The number of nitrogens with one attached hydrogen (secondary N) is 1. The lowest BCUT2D eigenvalue weighted by molar-refractivity contribution is -0.120. The van der Waals surface area contributed by atoms with Crippen LogP contribution in [0, 0.1) is 0 Å². The van der Waals surface area contributed by atoms with Crippen molar-refractivity contribution in [1.82, 2.24) is 5.32 Å². The molecule has 0 saturated carbocycles. The normalized spacial score (nSPS) is 8.62. The average molecular weight is 187 g/mol. The predicted octanol–water partition coefficient (Wildman–Crippen LogP) is 3.12. The standard InChI is InChI=1S/C9H19NO.C2H6/c1-3-4-5-6-7-8-9(11)10-2;1-2/h3-8H2,1-2H3,(H,10,11);1-2H3. The molecule has 0 aromatic rings. The number of amides is 1. The Morgan fingerprint density at radius 3 is 2.08 bits per heavy atom. The van der Waals surface area contributed by atoms with Gasteiger partial charge in [-0.2, -0.15) is 0 Å². The fourth-order valence-corrected chi connectivity index (χ4v) is 1.01. The van der Waals surface area contributed by atoms with Crippen molar-refractivity contribution in [2.24, 2.45) is 0 Å². The van der Waals surface area contributed by atoms with Gasteiger partial charge in [-0.05, 0) is 6.42 Å². The first-order valence-electron chi connectivity index (χ1n) is 5.51. The maximum absolute atomic E-state index is 10.7. The molecular weight excluding hydrogens is 162 g/mol. The molecule has 0 atom stereocenters. The van der Waals surface area contributed by atoms with Gasteiger partial charge in [-0.25, -0.2) is 0 Å². The fraction of sp³-hybridized carbons (Fsp3) is 0.909. The van der Waals surface area contributed by atoms with Crippen LogP contribution in [0.4, 0.5) is 0 Å². The van der Waals surface area contributed by atoms with Gasteiger partial charge in [-0.1, -0.05) is 46.5 Å². The lowest BCUT2D eigenvalue weighted by Crippen LogP contribution is -2.16. The van der Waals surface area contributed by atoms with E-state index in [-0.39, 0.29) is 5.91 Å². The van der Waals surface area contributed by atoms with Crippen molar-refractivity contribution in [3.8, 4) is 0 Å². The second-order valence-electron chi connectivity index (χ2n) is 2.84. The van der Waals surface area contributed by atoms with Gasteiger partial charge < -0.3 is 5.32 Å². The minimum Gasteiger partial charge on any atom is -0.359 e. The van der Waals surface area contributed by atoms with Crippen LogP contribution in [-0.2, 0) is 4.79 Å². The highest BCUT2D eigenvalue weighted by atomic mass is 16.1. The van der Waals surface area contributed by atoms with E-state index in [4.69, 9.17) is 0 Å². The van der Waals surface area contributed by atoms with Gasteiger partial charge in [-0.15, -0.1) is 0 Å². The van der Waals surface area contributed by atoms with Crippen LogP contribution in [0.25, 0.3) is 0 Å². The summed E-state index contributed by atoms with van der Waals surface area (Å²) in [5, 5.41) is 2.62. The molecule has 0 fully saturated rings. The highest BCUT2D eigenvalue weighted by Gasteiger charge is 1.95. The Morgan fingerprint density at radius 2 is 1.62 bits per heavy atom. The van der Waals surface area contributed by atoms with E-state index in [1.54, 1.807) is 7.05 Å². The molecule has 0 heterocycles. The summed E-state index contributed by atoms with van der Waals surface area (Å²) < 4.78 is 0. The maximum Gasteiger partial charge on any atom is 0.219 e. The van der Waals surface area contributed by atoms with Crippen molar-refractivity contribution in [1.29, 1.82) is 0 Å². The molecule has 13 heavy (non-hydrogen) atoms. The van der Waals surface area contributed by atoms with Crippen molar-refractivity contribution in [2.45, 2.75) is 59.3 Å². The summed E-state index contributed by atoms with van der Waals surface area (Å²) in [6.07, 6.45) is 6.77. The first-order valence-corrected chi connectivity index (χ1v) is 5.51. The van der Waals surface area contributed by atoms with Crippen molar-refractivity contribution in [3.05, 3.63) is 0 Å². The van der Waals surface area contributed by atoms with Crippen molar-refractivity contribution in [3.63, 3.8) is 0 Å². The Labute approximate surface area is 83.1 Å². The van der Waals surface area contributed by atoms with Gasteiger partial charge in [0.15, 0.2) is 0 Å². The summed E-state index contributed by atoms with van der Waals surface area (Å²) in [5.41, 5.74) is 0. The summed E-state index contributed by atoms with van der Waals surface area (Å²) in [7, 11) is 1.69. The second-order valence-corrected chi connectivity index (χ2v) is 2.84. The van der Waals surface area contributed by atoms with Crippen LogP contribution in [0.3, 0.4) is 0 Å². The molecule has 1 N–H and O–H groups in total. The van der Waals surface area contributed by atoms with Crippen molar-refractivity contribution < 1.29 is 4.79 Å². The van der Waals surface area contributed by atoms with E-state index in [2.05, 4.69) is 12.2 Å². The van der Waals surface area contributed by atoms with Crippen LogP contribution < -0.4 is 5.32 Å². The molecule has 80 valence electrons. The Balaban J connectivity index is 0. The molecule has 0 spiro atoms. The Kier molecular flexibility index (Phi) is 16.1. The largest absolute Gasteiger partial charge is 0.359 e. The zero-order chi connectivity index (χ0) is 10.5. The van der Waals surface area contributed by atoms with Crippen LogP contribution in [0.5, 0.6) is 0 Å². The Morgan fingerprint density at radius 1 is 1.08 bits per heavy atom. The summed E-state index contributed by atoms with van der Waals surface area (Å²) in [6, 6.07) is 0. The van der Waals surface area contributed by atoms with E-state index in [9.17, 15) is 4.79 Å². The van der Waals surface area contributed by atoms with Crippen LogP contribution in [-0.4, -0.2) is 13.0 Å². The molecule has 2 nitrogen and oxygen atoms in total. The molecule has 0 aromatic carbocycles. The number of hydrogen-bond donors (Lipinski definition) is 1. The number of hydrogen-bond acceptors (Lipinski definition) is 1. The average Bonchev–Trinajstić information content (AvgIpc) is 2.20. The van der Waals surface area contributed by atoms with E-state index in [0.717, 1.165) is 6.42 Å². The van der Waals surface area contributed by atoms with Crippen LogP contribution in [0.2, 0.25) is 0 Å². The lowest BCUT2D eigenvalue weighted by atomic mass is 10.1. The molecule has 0 aliphatic carbocycles. The van der Waals surface area contributed by atoms with Gasteiger partial charge in [0.1, 0.15) is 0 Å². The SMILES string of the molecule is CC.CCCCCCCC(=O)NC. The van der Waals surface area contributed by atoms with Gasteiger partial charge in [0.25, 0.3) is 0 Å². The molecule has 0 saturated heterocycles. The van der Waals surface area contributed by atoms with Gasteiger partial charge >= 0.3 is 0 Å². The van der Waals surface area contributed by atoms with E-state index in [1.165, 1.54) is 25.7 Å². The van der Waals surface area contributed by atoms with Gasteiger partial charge in [0, 0.05) is 13.5 Å². The molecule has 0 aromatic heterocycles. The Bertz CT molecular complexity index is 102. The lowest BCUT2D eigenvalue weighted by Gasteiger charge is -1.98. The predicted molar refractivity (Wildman–Crippen MR) is 58.8 cm³/mol. The third kappa shape index (κ3) is 14.3. The Hall–Kier alpha value is -0.530. The van der Waals surface area contributed by atoms with Crippen molar-refractivity contribution >= 4 is 5.91 Å². The summed E-state index contributed by atoms with van der Waals surface area (Å²) in [5.74, 6) is 0.168. The first kappa shape index (κ1) is 15.0. The molecule has 0 bridgehead atoms. The number of unbranched alkanes of at least 4 members (excludes halogenated alkanes) is 4. The van der Waals surface area contributed by atoms with Crippen LogP contribution in [0.1, 0.15) is 59.3 Å². The zero-order valence-electron chi connectivity index (χ0n) is 9.65. The molecule has 0 aliphatic heterocycles. The van der Waals surface area contributed by atoms with Gasteiger partial charge in [0.05, 0.1) is 0 Å². The zero-order valence-corrected chi connectivity index (χ0v) is 9.65. The molecular formula is C11H25NO. The molecule has 0 unspecified atom stereocenters. The smallest absolute Gasteiger partial charge is 0.219 e. The third-order valence-corrected chi connectivity index (χ3v) is 1.79. The van der Waals surface area contributed by atoms with E-state index in [1.807, 2.05) is 13.8 Å². The van der Waals surface area contributed by atoms with E-state index >= 15 is 0 Å². The summed E-state index contributed by atoms with van der Waals surface area (Å²) in [6.45, 7) is 6.19. The summed E-state index contributed by atoms with van der Waals surface area (Å²) >= 11 is 0. The highest BCUT2D eigenvalue weighted by Crippen LogP contribution is 2.04. The highest BCUT2D eigenvalue weighted by molar-refractivity contribution is 5.75.